The predicted molar refractivity (Wildman–Crippen MR) is 120 cm³/mol. The van der Waals surface area contributed by atoms with E-state index in [4.69, 9.17) is 9.84 Å². The Labute approximate surface area is 184 Å². The number of ether oxygens (including phenoxy) is 1. The predicted octanol–water partition coefficient (Wildman–Crippen LogP) is 3.72. The molecule has 0 aliphatic rings. The highest BCUT2D eigenvalue weighted by molar-refractivity contribution is 5.98. The zero-order valence-electron chi connectivity index (χ0n) is 17.1. The third kappa shape index (κ3) is 4.44. The lowest BCUT2D eigenvalue weighted by Crippen LogP contribution is -2.17. The summed E-state index contributed by atoms with van der Waals surface area (Å²) in [7, 11) is 1.60. The Bertz CT molecular complexity index is 1270. The highest BCUT2D eigenvalue weighted by Gasteiger charge is 2.13. The standard InChI is InChI=1S/C24H20N4O4/c1-32-20-10-7-16(8-11-20)23-17(15-28(27-23)18-5-3-2-4-6-18)14-25-26-24(31)21-12-9-19(29)13-22(21)30/h2-15,29-30H,1H3,(H,26,31)/b25-14+. The number of methoxy groups -OCH3 is 1. The summed E-state index contributed by atoms with van der Waals surface area (Å²) >= 11 is 0. The van der Waals surface area contributed by atoms with Crippen LogP contribution in [0.3, 0.4) is 0 Å². The molecular weight excluding hydrogens is 408 g/mol. The topological polar surface area (TPSA) is 109 Å². The number of benzene rings is 3. The minimum Gasteiger partial charge on any atom is -0.508 e. The number of carbonyl (C=O) groups is 1. The van der Waals surface area contributed by atoms with Gasteiger partial charge in [-0.25, -0.2) is 10.1 Å². The molecule has 8 nitrogen and oxygen atoms in total. The van der Waals surface area contributed by atoms with Gasteiger partial charge in [-0.3, -0.25) is 4.79 Å². The summed E-state index contributed by atoms with van der Waals surface area (Å²) in [6.45, 7) is 0. The van der Waals surface area contributed by atoms with Gasteiger partial charge in [0, 0.05) is 23.4 Å². The normalized spacial score (nSPS) is 10.9. The van der Waals surface area contributed by atoms with Crippen molar-refractivity contribution in [2.75, 3.05) is 7.11 Å². The van der Waals surface area contributed by atoms with Gasteiger partial charge in [0.05, 0.1) is 24.6 Å². The van der Waals surface area contributed by atoms with Crippen molar-refractivity contribution in [1.29, 1.82) is 0 Å². The molecule has 0 spiro atoms. The second-order valence-corrected chi connectivity index (χ2v) is 6.84. The van der Waals surface area contributed by atoms with Crippen molar-refractivity contribution in [3.63, 3.8) is 0 Å². The fourth-order valence-corrected chi connectivity index (χ4v) is 3.10. The van der Waals surface area contributed by atoms with Crippen LogP contribution in [0.1, 0.15) is 15.9 Å². The number of phenolic OH excluding ortho intramolecular Hbond substituents is 2. The maximum Gasteiger partial charge on any atom is 0.275 e. The van der Waals surface area contributed by atoms with Crippen molar-refractivity contribution in [2.24, 2.45) is 5.10 Å². The maximum absolute atomic E-state index is 12.3. The van der Waals surface area contributed by atoms with Crippen molar-refractivity contribution < 1.29 is 19.7 Å². The van der Waals surface area contributed by atoms with E-state index in [1.54, 1.807) is 11.8 Å². The maximum atomic E-state index is 12.3. The summed E-state index contributed by atoms with van der Waals surface area (Å²) in [5.41, 5.74) is 5.45. The molecule has 0 radical (unpaired) electrons. The Balaban J connectivity index is 1.63. The molecule has 4 aromatic rings. The first-order valence-electron chi connectivity index (χ1n) is 9.70. The number of hydrazone groups is 1. The molecule has 1 heterocycles. The molecule has 0 unspecified atom stereocenters. The molecule has 32 heavy (non-hydrogen) atoms. The van der Waals surface area contributed by atoms with Crippen molar-refractivity contribution in [1.82, 2.24) is 15.2 Å². The molecule has 160 valence electrons. The summed E-state index contributed by atoms with van der Waals surface area (Å²) in [5.74, 6) is -0.360. The van der Waals surface area contributed by atoms with Crippen LogP contribution in [0.15, 0.2) is 84.1 Å². The van der Waals surface area contributed by atoms with E-state index >= 15 is 0 Å². The first kappa shape index (κ1) is 20.7. The summed E-state index contributed by atoms with van der Waals surface area (Å²) < 4.78 is 6.96. The first-order chi connectivity index (χ1) is 15.5. The number of hydrogen-bond donors (Lipinski definition) is 3. The molecule has 0 aliphatic heterocycles. The summed E-state index contributed by atoms with van der Waals surface area (Å²) in [6.07, 6.45) is 3.30. The van der Waals surface area contributed by atoms with Gasteiger partial charge < -0.3 is 14.9 Å². The Morgan fingerprint density at radius 2 is 1.81 bits per heavy atom. The van der Waals surface area contributed by atoms with Crippen LogP contribution in [0.25, 0.3) is 16.9 Å². The van der Waals surface area contributed by atoms with Crippen LogP contribution in [0, 0.1) is 0 Å². The molecule has 0 saturated heterocycles. The van der Waals surface area contributed by atoms with Gasteiger partial charge in [-0.15, -0.1) is 0 Å². The van der Waals surface area contributed by atoms with Crippen LogP contribution < -0.4 is 10.2 Å². The number of nitrogens with one attached hydrogen (secondary N) is 1. The van der Waals surface area contributed by atoms with E-state index in [0.717, 1.165) is 23.1 Å². The van der Waals surface area contributed by atoms with Gasteiger partial charge in [0.25, 0.3) is 5.91 Å². The Hall–Kier alpha value is -4.59. The third-order valence-electron chi connectivity index (χ3n) is 4.72. The summed E-state index contributed by atoms with van der Waals surface area (Å²) in [5, 5.41) is 27.9. The third-order valence-corrected chi connectivity index (χ3v) is 4.72. The molecule has 0 aliphatic carbocycles. The molecule has 8 heteroatoms. The second-order valence-electron chi connectivity index (χ2n) is 6.84. The minimum absolute atomic E-state index is 0.00434. The average Bonchev–Trinajstić information content (AvgIpc) is 3.24. The van der Waals surface area contributed by atoms with E-state index in [1.807, 2.05) is 60.8 Å². The highest BCUT2D eigenvalue weighted by Crippen LogP contribution is 2.25. The van der Waals surface area contributed by atoms with E-state index in [1.165, 1.54) is 18.3 Å². The Kier molecular flexibility index (Phi) is 5.85. The van der Waals surface area contributed by atoms with E-state index in [0.29, 0.717) is 11.3 Å². The van der Waals surface area contributed by atoms with E-state index in [9.17, 15) is 15.0 Å². The SMILES string of the molecule is COc1ccc(-c2nn(-c3ccccc3)cc2/C=N/NC(=O)c2ccc(O)cc2O)cc1. The fourth-order valence-electron chi connectivity index (χ4n) is 3.10. The lowest BCUT2D eigenvalue weighted by Gasteiger charge is -2.03. The quantitative estimate of drug-likeness (QED) is 0.320. The number of amides is 1. The van der Waals surface area contributed by atoms with E-state index in [2.05, 4.69) is 10.5 Å². The van der Waals surface area contributed by atoms with Gasteiger partial charge >= 0.3 is 0 Å². The zero-order chi connectivity index (χ0) is 22.5. The molecule has 1 amide bonds. The van der Waals surface area contributed by atoms with Gasteiger partial charge in [0.1, 0.15) is 22.9 Å². The second kappa shape index (κ2) is 9.05. The van der Waals surface area contributed by atoms with Crippen LogP contribution >= 0.6 is 0 Å². The number of aromatic nitrogens is 2. The Morgan fingerprint density at radius 3 is 2.50 bits per heavy atom. The number of hydrogen-bond acceptors (Lipinski definition) is 6. The van der Waals surface area contributed by atoms with Crippen LogP contribution in [0.2, 0.25) is 0 Å². The number of nitrogens with zero attached hydrogens (tertiary/aromatic N) is 3. The molecule has 4 rings (SSSR count). The minimum atomic E-state index is -0.611. The number of phenols is 2. The number of rotatable bonds is 6. The molecule has 1 aromatic heterocycles. The zero-order valence-corrected chi connectivity index (χ0v) is 17.1. The first-order valence-corrected chi connectivity index (χ1v) is 9.70. The summed E-state index contributed by atoms with van der Waals surface area (Å²) in [6, 6.07) is 20.8. The van der Waals surface area contributed by atoms with E-state index in [-0.39, 0.29) is 17.1 Å². The number of aromatic hydroxyl groups is 2. The number of carbonyl (C=O) groups excluding carboxylic acids is 1. The van der Waals surface area contributed by atoms with Crippen LogP contribution in [0.5, 0.6) is 17.2 Å². The molecule has 3 aromatic carbocycles. The Morgan fingerprint density at radius 1 is 1.06 bits per heavy atom. The van der Waals surface area contributed by atoms with Gasteiger partial charge in [-0.1, -0.05) is 18.2 Å². The molecule has 0 saturated carbocycles. The summed E-state index contributed by atoms with van der Waals surface area (Å²) in [4.78, 5) is 12.3. The van der Waals surface area contributed by atoms with Gasteiger partial charge in [0.15, 0.2) is 0 Å². The van der Waals surface area contributed by atoms with Gasteiger partial charge in [0.2, 0.25) is 0 Å². The van der Waals surface area contributed by atoms with Crippen molar-refractivity contribution in [3.8, 4) is 34.2 Å². The van der Waals surface area contributed by atoms with Crippen molar-refractivity contribution >= 4 is 12.1 Å². The van der Waals surface area contributed by atoms with Crippen LogP contribution in [0.4, 0.5) is 0 Å². The average molecular weight is 428 g/mol. The van der Waals surface area contributed by atoms with Crippen molar-refractivity contribution in [3.05, 3.63) is 90.1 Å². The molecule has 0 bridgehead atoms. The van der Waals surface area contributed by atoms with Crippen LogP contribution in [-0.2, 0) is 0 Å². The molecule has 3 N–H and O–H groups in total. The smallest absolute Gasteiger partial charge is 0.275 e. The molecular formula is C24H20N4O4. The molecule has 0 atom stereocenters. The number of para-hydroxylation sites is 1. The lowest BCUT2D eigenvalue weighted by molar-refractivity contribution is 0.0952. The molecule has 0 fully saturated rings. The van der Waals surface area contributed by atoms with E-state index < -0.39 is 5.91 Å². The fraction of sp³-hybridized carbons (Fsp3) is 0.0417. The largest absolute Gasteiger partial charge is 0.508 e. The van der Waals surface area contributed by atoms with Crippen molar-refractivity contribution in [2.45, 2.75) is 0 Å². The van der Waals surface area contributed by atoms with Gasteiger partial charge in [-0.05, 0) is 48.5 Å². The lowest BCUT2D eigenvalue weighted by atomic mass is 10.1. The monoisotopic (exact) mass is 428 g/mol. The van der Waals surface area contributed by atoms with Gasteiger partial charge in [-0.2, -0.15) is 10.2 Å². The highest BCUT2D eigenvalue weighted by atomic mass is 16.5. The van der Waals surface area contributed by atoms with Crippen LogP contribution in [-0.4, -0.2) is 39.2 Å².